The van der Waals surface area contributed by atoms with E-state index in [0.717, 1.165) is 95.3 Å². The Hall–Kier alpha value is -3.60. The lowest BCUT2D eigenvalue weighted by atomic mass is 9.84. The molecule has 0 spiro atoms. The van der Waals surface area contributed by atoms with Crippen LogP contribution in [0.1, 0.15) is 252 Å². The molecule has 1 aliphatic carbocycles. The summed E-state index contributed by atoms with van der Waals surface area (Å²) in [5, 5.41) is 110. The largest absolute Gasteiger partial charge is 0.472 e. The third-order valence-electron chi connectivity index (χ3n) is 18.2. The second kappa shape index (κ2) is 55.8. The maximum Gasteiger partial charge on any atom is 0.472 e. The summed E-state index contributed by atoms with van der Waals surface area (Å²) < 4.78 is 64.4. The predicted octanol–water partition coefficient (Wildman–Crippen LogP) is 10.4. The van der Waals surface area contributed by atoms with Crippen molar-refractivity contribution in [3.63, 3.8) is 0 Å². The first-order valence-electron chi connectivity index (χ1n) is 37.8. The van der Waals surface area contributed by atoms with E-state index in [1.807, 2.05) is 18.2 Å². The predicted molar refractivity (Wildman–Crippen MR) is 379 cm³/mol. The number of carbonyl (C=O) groups is 3. The molecule has 0 aromatic heterocycles. The highest BCUT2D eigenvalue weighted by molar-refractivity contribution is 7.47. The van der Waals surface area contributed by atoms with Gasteiger partial charge in [-0.05, 0) is 38.5 Å². The number of aliphatic hydroxyl groups excluding tert-OH is 10. The van der Waals surface area contributed by atoms with Crippen molar-refractivity contribution in [3.8, 4) is 0 Å². The molecule has 24 nitrogen and oxygen atoms in total. The van der Waals surface area contributed by atoms with Gasteiger partial charge in [-0.25, -0.2) is 18.9 Å². The maximum absolute atomic E-state index is 14.3. The van der Waals surface area contributed by atoms with Gasteiger partial charge in [0.2, 0.25) is 0 Å². The Morgan fingerprint density at radius 3 is 1.10 bits per heavy atom. The van der Waals surface area contributed by atoms with Gasteiger partial charge in [0.15, 0.2) is 18.7 Å². The Bertz CT molecular complexity index is 2350. The SMILES string of the molecule is CCCCCCCCCCCCC/C=C/C=C/C(=O)OCC(COP(=O)(O)OC1C(OC2OC(CO)C(O)C(O)C2O)C(O)C(O)C(O)C1OC1OC(COC(=O)/C=C/C=C/CCCCCCCCCCCCC)C(O)C(O)C1O)OC(=O)/C=C/C=C/CCCCCCCCCCCCC. The minimum Gasteiger partial charge on any atom is -0.460 e. The average Bonchev–Trinajstić information content (AvgIpc) is 0.762. The standard InChI is InChI=1S/C75H129O24P/c1-4-7-10-13-16-19-22-25-28-31-34-37-40-43-46-49-59(77)91-53-56(94-61(79)51-48-45-42-39-36-33-30-27-24-21-18-15-12-9-6-3)54-93-100(89,90)99-73-71(97-74-69(87)64(82)62(80)57(52-76)95-74)67(85)66(84)68(86)72(73)98-75-70(88)65(83)63(81)58(96-75)55-92-60(78)50-47-44-41-38-35-32-29-26-23-20-17-14-11-8-5-2/h40-51,56-58,62-76,80-88H,4-39,52-55H2,1-3H3,(H,89,90)/b43-40+,44-41+,45-42+,49-46+,50-47+,51-48+. The Kier molecular flexibility index (Phi) is 50.6. The number of aliphatic hydroxyl groups is 10. The van der Waals surface area contributed by atoms with E-state index in [-0.39, 0.29) is 0 Å². The van der Waals surface area contributed by atoms with Gasteiger partial charge >= 0.3 is 25.7 Å². The fourth-order valence-corrected chi connectivity index (χ4v) is 13.0. The highest BCUT2D eigenvalue weighted by Crippen LogP contribution is 2.49. The molecule has 2 saturated heterocycles. The summed E-state index contributed by atoms with van der Waals surface area (Å²) >= 11 is 0. The Morgan fingerprint density at radius 1 is 0.390 bits per heavy atom. The molecule has 18 atom stereocenters. The summed E-state index contributed by atoms with van der Waals surface area (Å²) in [4.78, 5) is 50.6. The van der Waals surface area contributed by atoms with E-state index in [2.05, 4.69) is 20.8 Å². The van der Waals surface area contributed by atoms with Crippen LogP contribution < -0.4 is 0 Å². The quantitative estimate of drug-likeness (QED) is 0.00673. The lowest BCUT2D eigenvalue weighted by Gasteiger charge is -2.49. The van der Waals surface area contributed by atoms with Crippen molar-refractivity contribution in [2.24, 2.45) is 0 Å². The maximum atomic E-state index is 14.3. The molecule has 3 fully saturated rings. The minimum atomic E-state index is -5.76. The van der Waals surface area contributed by atoms with Crippen LogP contribution in [0.25, 0.3) is 0 Å². The molecule has 18 unspecified atom stereocenters. The Labute approximate surface area is 595 Å². The number of phosphoric acid groups is 1. The van der Waals surface area contributed by atoms with Crippen LogP contribution in [0.2, 0.25) is 0 Å². The van der Waals surface area contributed by atoms with Crippen molar-refractivity contribution in [2.75, 3.05) is 26.4 Å². The third-order valence-corrected chi connectivity index (χ3v) is 19.2. The zero-order valence-corrected chi connectivity index (χ0v) is 61.1. The summed E-state index contributed by atoms with van der Waals surface area (Å²) in [7, 11) is -5.76. The van der Waals surface area contributed by atoms with Crippen molar-refractivity contribution < 1.29 is 117 Å². The molecule has 11 N–H and O–H groups in total. The van der Waals surface area contributed by atoms with Crippen molar-refractivity contribution in [2.45, 2.75) is 356 Å². The van der Waals surface area contributed by atoms with E-state index >= 15 is 0 Å². The normalized spacial score (nSPS) is 27.7. The molecule has 0 aromatic rings. The zero-order chi connectivity index (χ0) is 73.2. The summed E-state index contributed by atoms with van der Waals surface area (Å²) in [6, 6.07) is 0. The smallest absolute Gasteiger partial charge is 0.460 e. The highest BCUT2D eigenvalue weighted by atomic mass is 31.2. The minimum absolute atomic E-state index is 0.740. The van der Waals surface area contributed by atoms with Crippen LogP contribution in [0.5, 0.6) is 0 Å². The van der Waals surface area contributed by atoms with Crippen molar-refractivity contribution in [3.05, 3.63) is 72.9 Å². The van der Waals surface area contributed by atoms with Gasteiger partial charge in [-0.1, -0.05) is 268 Å². The zero-order valence-electron chi connectivity index (χ0n) is 60.2. The summed E-state index contributed by atoms with van der Waals surface area (Å²) in [5.41, 5.74) is 0. The molecule has 25 heteroatoms. The molecular formula is C75H129O24P. The summed E-state index contributed by atoms with van der Waals surface area (Å²) in [5.74, 6) is -2.74. The molecule has 578 valence electrons. The van der Waals surface area contributed by atoms with Gasteiger partial charge in [0.1, 0.15) is 98.7 Å². The monoisotopic (exact) mass is 1440 g/mol. The van der Waals surface area contributed by atoms with Gasteiger partial charge < -0.3 is 89.1 Å². The van der Waals surface area contributed by atoms with E-state index in [0.29, 0.717) is 0 Å². The number of carbonyl (C=O) groups excluding carboxylic acids is 3. The van der Waals surface area contributed by atoms with Gasteiger partial charge in [0, 0.05) is 18.2 Å². The second-order valence-corrected chi connectivity index (χ2v) is 28.3. The van der Waals surface area contributed by atoms with Crippen molar-refractivity contribution in [1.82, 2.24) is 0 Å². The van der Waals surface area contributed by atoms with Gasteiger partial charge in [0.25, 0.3) is 0 Å². The van der Waals surface area contributed by atoms with Crippen LogP contribution >= 0.6 is 7.82 Å². The first-order chi connectivity index (χ1) is 48.3. The number of esters is 3. The fourth-order valence-electron chi connectivity index (χ4n) is 12.1. The summed E-state index contributed by atoms with van der Waals surface area (Å²) in [6.45, 7) is 3.12. The number of allylic oxidation sites excluding steroid dienone is 9. The van der Waals surface area contributed by atoms with Crippen molar-refractivity contribution in [1.29, 1.82) is 0 Å². The number of rotatable bonds is 57. The molecule has 0 aromatic carbocycles. The molecule has 100 heavy (non-hydrogen) atoms. The third kappa shape index (κ3) is 38.4. The van der Waals surface area contributed by atoms with Gasteiger partial charge in [0.05, 0.1) is 13.2 Å². The number of unbranched alkanes of at least 4 members (excludes halogenated alkanes) is 33. The lowest BCUT2D eigenvalue weighted by molar-refractivity contribution is -0.360. The number of hydrogen-bond acceptors (Lipinski definition) is 23. The van der Waals surface area contributed by atoms with Gasteiger partial charge in [-0.15, -0.1) is 0 Å². The number of phosphoric ester groups is 1. The van der Waals surface area contributed by atoms with E-state index < -0.39 is 156 Å². The van der Waals surface area contributed by atoms with Crippen LogP contribution in [0, 0.1) is 0 Å². The molecule has 0 amide bonds. The summed E-state index contributed by atoms with van der Waals surface area (Å²) in [6.07, 6.45) is 24.5. The van der Waals surface area contributed by atoms with E-state index in [9.17, 15) is 74.9 Å². The molecule has 2 aliphatic heterocycles. The first kappa shape index (κ1) is 90.6. The van der Waals surface area contributed by atoms with Gasteiger partial charge in [-0.2, -0.15) is 0 Å². The van der Waals surface area contributed by atoms with Crippen LogP contribution in [0.4, 0.5) is 0 Å². The highest BCUT2D eigenvalue weighted by Gasteiger charge is 2.58. The van der Waals surface area contributed by atoms with Crippen LogP contribution in [-0.4, -0.2) is 204 Å². The molecule has 0 radical (unpaired) electrons. The van der Waals surface area contributed by atoms with Crippen LogP contribution in [-0.2, 0) is 61.2 Å². The Balaban J connectivity index is 1.79. The molecule has 0 bridgehead atoms. The molecule has 2 heterocycles. The van der Waals surface area contributed by atoms with Crippen molar-refractivity contribution >= 4 is 25.7 Å². The van der Waals surface area contributed by atoms with E-state index in [1.54, 1.807) is 18.2 Å². The number of ether oxygens (including phenoxy) is 7. The molecule has 1 saturated carbocycles. The number of hydrogen-bond donors (Lipinski definition) is 11. The van der Waals surface area contributed by atoms with E-state index in [4.69, 9.17) is 42.2 Å². The molecule has 3 aliphatic rings. The molecule has 3 rings (SSSR count). The second-order valence-electron chi connectivity index (χ2n) is 26.9. The van der Waals surface area contributed by atoms with E-state index in [1.165, 1.54) is 172 Å². The topological polar surface area (TPSA) is 374 Å². The van der Waals surface area contributed by atoms with Crippen LogP contribution in [0.3, 0.4) is 0 Å². The first-order valence-corrected chi connectivity index (χ1v) is 39.3. The Morgan fingerprint density at radius 2 is 0.720 bits per heavy atom. The fraction of sp³-hybridized carbons (Fsp3) is 0.800. The molecular weight excluding hydrogens is 1320 g/mol. The average molecular weight is 1450 g/mol. The van der Waals surface area contributed by atoms with Gasteiger partial charge in [-0.3, -0.25) is 9.05 Å². The lowest BCUT2D eigenvalue weighted by Crippen LogP contribution is -2.69. The van der Waals surface area contributed by atoms with Crippen LogP contribution in [0.15, 0.2) is 72.9 Å².